The van der Waals surface area contributed by atoms with Crippen molar-refractivity contribution >= 4 is 57.2 Å². The molecule has 1 aliphatic rings. The van der Waals surface area contributed by atoms with E-state index in [9.17, 15) is 14.9 Å². The van der Waals surface area contributed by atoms with Gasteiger partial charge in [0.1, 0.15) is 11.1 Å². The Morgan fingerprint density at radius 3 is 2.62 bits per heavy atom. The summed E-state index contributed by atoms with van der Waals surface area (Å²) in [5.74, 6) is 0.158. The van der Waals surface area contributed by atoms with Crippen molar-refractivity contribution < 1.29 is 9.59 Å². The minimum Gasteiger partial charge on any atom is -0.322 e. The van der Waals surface area contributed by atoms with Gasteiger partial charge in [-0.05, 0) is 79.5 Å². The molecule has 192 valence electrons. The maximum absolute atomic E-state index is 13.1. The molecule has 2 atom stereocenters. The van der Waals surface area contributed by atoms with Gasteiger partial charge in [-0.15, -0.1) is 23.1 Å². The predicted octanol–water partition coefficient (Wildman–Crippen LogP) is 7.80. The van der Waals surface area contributed by atoms with Crippen LogP contribution in [0.3, 0.4) is 0 Å². The molecule has 0 saturated carbocycles. The Balaban J connectivity index is 1.42. The monoisotopic (exact) mass is 551 g/mol. The minimum atomic E-state index is -0.396. The predicted molar refractivity (Wildman–Crippen MR) is 154 cm³/mol. The molecule has 2 N–H and O–H groups in total. The number of nitriles is 1. The molecular formula is C29H30ClN3O2S2. The Hall–Kier alpha value is -2.79. The number of rotatable bonds is 6. The second kappa shape index (κ2) is 11.3. The number of hydrogen-bond donors (Lipinski definition) is 2. The van der Waals surface area contributed by atoms with Crippen molar-refractivity contribution in [1.29, 1.82) is 5.26 Å². The summed E-state index contributed by atoms with van der Waals surface area (Å²) >= 11 is 8.94. The highest BCUT2D eigenvalue weighted by atomic mass is 35.5. The van der Waals surface area contributed by atoms with Crippen LogP contribution in [0.2, 0.25) is 5.02 Å². The number of carbonyl (C=O) groups excluding carboxylic acids is 2. The number of nitrogens with zero attached hydrogens (tertiary/aromatic N) is 1. The van der Waals surface area contributed by atoms with Gasteiger partial charge < -0.3 is 10.6 Å². The average Bonchev–Trinajstić information content (AvgIpc) is 3.19. The highest BCUT2D eigenvalue weighted by Gasteiger charge is 2.32. The van der Waals surface area contributed by atoms with Crippen LogP contribution < -0.4 is 10.6 Å². The van der Waals surface area contributed by atoms with Gasteiger partial charge in [0.05, 0.1) is 10.8 Å². The maximum atomic E-state index is 13.1. The molecule has 37 heavy (non-hydrogen) atoms. The summed E-state index contributed by atoms with van der Waals surface area (Å²) in [4.78, 5) is 27.7. The van der Waals surface area contributed by atoms with Crippen LogP contribution in [-0.4, -0.2) is 17.1 Å². The number of benzene rings is 2. The van der Waals surface area contributed by atoms with Crippen LogP contribution in [0.25, 0.3) is 0 Å². The third-order valence-electron chi connectivity index (χ3n) is 6.70. The zero-order chi connectivity index (χ0) is 26.7. The Bertz CT molecular complexity index is 1370. The fourth-order valence-corrected chi connectivity index (χ4v) is 6.88. The largest absolute Gasteiger partial charge is 0.322 e. The third kappa shape index (κ3) is 6.56. The van der Waals surface area contributed by atoms with Gasteiger partial charge in [0.15, 0.2) is 0 Å². The van der Waals surface area contributed by atoms with E-state index in [2.05, 4.69) is 37.5 Å². The number of nitrogens with one attached hydrogen (secondary N) is 2. The lowest BCUT2D eigenvalue weighted by Crippen LogP contribution is -2.26. The normalized spacial score (nSPS) is 15.8. The number of amides is 2. The van der Waals surface area contributed by atoms with Crippen LogP contribution in [-0.2, 0) is 17.6 Å². The number of anilines is 2. The molecule has 1 aromatic heterocycles. The molecule has 2 amide bonds. The van der Waals surface area contributed by atoms with E-state index in [4.69, 9.17) is 11.6 Å². The fourth-order valence-electron chi connectivity index (χ4n) is 4.48. The van der Waals surface area contributed by atoms with Gasteiger partial charge >= 0.3 is 0 Å². The number of thiophene rings is 1. The lowest BCUT2D eigenvalue weighted by atomic mass is 9.72. The van der Waals surface area contributed by atoms with Crippen LogP contribution in [0.15, 0.2) is 53.4 Å². The number of hydrogen-bond acceptors (Lipinski definition) is 5. The lowest BCUT2D eigenvalue weighted by molar-refractivity contribution is -0.115. The minimum absolute atomic E-state index is 0.152. The summed E-state index contributed by atoms with van der Waals surface area (Å²) in [5.41, 5.74) is 3.04. The maximum Gasteiger partial charge on any atom is 0.255 e. The van der Waals surface area contributed by atoms with Crippen LogP contribution in [0.4, 0.5) is 10.7 Å². The molecule has 0 fully saturated rings. The summed E-state index contributed by atoms with van der Waals surface area (Å²) in [6.45, 7) is 8.63. The van der Waals surface area contributed by atoms with E-state index in [0.29, 0.717) is 32.8 Å². The van der Waals surface area contributed by atoms with E-state index >= 15 is 0 Å². The Kier molecular flexibility index (Phi) is 8.33. The zero-order valence-electron chi connectivity index (χ0n) is 21.4. The summed E-state index contributed by atoms with van der Waals surface area (Å²) in [6.07, 6.45) is 2.89. The summed E-state index contributed by atoms with van der Waals surface area (Å²) in [7, 11) is 0. The molecule has 3 aromatic rings. The van der Waals surface area contributed by atoms with Gasteiger partial charge in [-0.1, -0.05) is 44.5 Å². The molecule has 0 bridgehead atoms. The summed E-state index contributed by atoms with van der Waals surface area (Å²) < 4.78 is 0. The molecule has 2 unspecified atom stereocenters. The van der Waals surface area contributed by atoms with Gasteiger partial charge in [0.25, 0.3) is 5.91 Å². The molecular weight excluding hydrogens is 522 g/mol. The standard InChI is InChI=1S/C29H30ClN3O2S2/c1-17(36-22-10-6-9-21(15-22)32-27(35)18-7-5-8-20(30)13-18)26(34)33-28-24(16-31)23-12-11-19(29(2,3)4)14-25(23)37-28/h5-10,13,15,17,19H,11-12,14H2,1-4H3,(H,32,35)(H,33,34). The molecule has 5 nitrogen and oxygen atoms in total. The van der Waals surface area contributed by atoms with Gasteiger partial charge in [-0.3, -0.25) is 9.59 Å². The average molecular weight is 552 g/mol. The summed E-state index contributed by atoms with van der Waals surface area (Å²) in [6, 6.07) is 16.5. The molecule has 1 heterocycles. The van der Waals surface area contributed by atoms with Gasteiger partial charge in [0, 0.05) is 26.0 Å². The number of thioether (sulfide) groups is 1. The van der Waals surface area contributed by atoms with E-state index in [0.717, 1.165) is 29.7 Å². The smallest absolute Gasteiger partial charge is 0.255 e. The van der Waals surface area contributed by atoms with Crippen molar-refractivity contribution in [3.05, 3.63) is 75.1 Å². The van der Waals surface area contributed by atoms with E-state index in [1.54, 1.807) is 41.7 Å². The second-order valence-corrected chi connectivity index (χ2v) is 13.3. The SMILES string of the molecule is CC(Sc1cccc(NC(=O)c2cccc(Cl)c2)c1)C(=O)Nc1sc2c(c1C#N)CCC(C(C)(C)C)C2. The Morgan fingerprint density at radius 1 is 1.16 bits per heavy atom. The van der Waals surface area contributed by atoms with E-state index in [1.807, 2.05) is 25.1 Å². The van der Waals surface area contributed by atoms with E-state index in [-0.39, 0.29) is 17.2 Å². The van der Waals surface area contributed by atoms with Crippen molar-refractivity contribution in [3.63, 3.8) is 0 Å². The zero-order valence-corrected chi connectivity index (χ0v) is 23.7. The molecule has 2 aromatic carbocycles. The first kappa shape index (κ1) is 27.3. The third-order valence-corrected chi connectivity index (χ3v) is 9.20. The van der Waals surface area contributed by atoms with Crippen molar-refractivity contribution in [2.75, 3.05) is 10.6 Å². The highest BCUT2D eigenvalue weighted by molar-refractivity contribution is 8.00. The molecule has 8 heteroatoms. The number of halogens is 1. The van der Waals surface area contributed by atoms with Gasteiger partial charge in [-0.25, -0.2) is 0 Å². The van der Waals surface area contributed by atoms with Crippen LogP contribution in [0.5, 0.6) is 0 Å². The molecule has 1 aliphatic carbocycles. The van der Waals surface area contributed by atoms with Crippen molar-refractivity contribution in [2.24, 2.45) is 11.3 Å². The number of carbonyl (C=O) groups is 2. The molecule has 4 rings (SSSR count). The van der Waals surface area contributed by atoms with Crippen molar-refractivity contribution in [2.45, 2.75) is 57.1 Å². The first-order valence-corrected chi connectivity index (χ1v) is 14.3. The Labute approximate surface area is 231 Å². The summed E-state index contributed by atoms with van der Waals surface area (Å²) in [5, 5.41) is 16.5. The first-order valence-electron chi connectivity index (χ1n) is 12.2. The first-order chi connectivity index (χ1) is 17.5. The van der Waals surface area contributed by atoms with Crippen LogP contribution in [0, 0.1) is 22.7 Å². The lowest BCUT2D eigenvalue weighted by Gasteiger charge is -2.33. The van der Waals surface area contributed by atoms with Crippen LogP contribution >= 0.6 is 34.7 Å². The van der Waals surface area contributed by atoms with Gasteiger partial charge in [-0.2, -0.15) is 5.26 Å². The molecule has 0 aliphatic heterocycles. The van der Waals surface area contributed by atoms with E-state index in [1.165, 1.54) is 16.6 Å². The number of fused-ring (bicyclic) bond motifs is 1. The van der Waals surface area contributed by atoms with Crippen molar-refractivity contribution in [1.82, 2.24) is 0 Å². The fraction of sp³-hybridized carbons (Fsp3) is 0.345. The molecule has 0 radical (unpaired) electrons. The molecule has 0 saturated heterocycles. The topological polar surface area (TPSA) is 82.0 Å². The molecule has 0 spiro atoms. The second-order valence-electron chi connectivity index (χ2n) is 10.4. The van der Waals surface area contributed by atoms with Crippen molar-refractivity contribution in [3.8, 4) is 6.07 Å². The van der Waals surface area contributed by atoms with E-state index < -0.39 is 5.25 Å². The Morgan fingerprint density at radius 2 is 1.92 bits per heavy atom. The van der Waals surface area contributed by atoms with Crippen LogP contribution in [0.1, 0.15) is 60.5 Å². The quantitative estimate of drug-likeness (QED) is 0.306. The van der Waals surface area contributed by atoms with Gasteiger partial charge in [0.2, 0.25) is 5.91 Å². The highest BCUT2D eigenvalue weighted by Crippen LogP contribution is 2.44.